The number of carbonyl (C=O) groups excluding carboxylic acids is 1. The Morgan fingerprint density at radius 2 is 1.65 bits per heavy atom. The summed E-state index contributed by atoms with van der Waals surface area (Å²) in [5.41, 5.74) is 5.63. The molecule has 6 nitrogen and oxygen atoms in total. The number of nitrogens with zero attached hydrogens (tertiary/aromatic N) is 3. The molecule has 1 N–H and O–H groups in total. The zero-order valence-electron chi connectivity index (χ0n) is 23.9. The SMILES string of the molecule is C=C(/C=C(\C)c1c(C)ccc(=O)n1-c1ccc(C(=O)NC2CCN(CCN(C)C)CC2)cc1)c1ccc(Cl)cc1. The lowest BCUT2D eigenvalue weighted by Crippen LogP contribution is -2.46. The highest BCUT2D eigenvalue weighted by atomic mass is 35.5. The van der Waals surface area contributed by atoms with Crippen LogP contribution in [0.2, 0.25) is 5.02 Å². The van der Waals surface area contributed by atoms with E-state index in [0.29, 0.717) is 16.3 Å². The maximum absolute atomic E-state index is 13.1. The topological polar surface area (TPSA) is 57.6 Å². The van der Waals surface area contributed by atoms with Crippen LogP contribution in [-0.4, -0.2) is 66.6 Å². The van der Waals surface area contributed by atoms with E-state index < -0.39 is 0 Å². The number of likely N-dealkylation sites (N-methyl/N-ethyl adjacent to an activating group) is 1. The first kappa shape index (κ1) is 29.5. The van der Waals surface area contributed by atoms with Crippen LogP contribution in [0.1, 0.15) is 46.9 Å². The molecule has 210 valence electrons. The minimum atomic E-state index is -0.135. The number of allylic oxidation sites excluding steroid dienone is 3. The number of amides is 1. The third-order valence-corrected chi connectivity index (χ3v) is 7.70. The fourth-order valence-corrected chi connectivity index (χ4v) is 5.26. The van der Waals surface area contributed by atoms with Crippen molar-refractivity contribution in [2.75, 3.05) is 40.3 Å². The van der Waals surface area contributed by atoms with Gasteiger partial charge in [0.25, 0.3) is 11.5 Å². The van der Waals surface area contributed by atoms with Gasteiger partial charge < -0.3 is 15.1 Å². The van der Waals surface area contributed by atoms with E-state index in [0.717, 1.165) is 67.0 Å². The molecule has 1 aliphatic heterocycles. The molecule has 4 rings (SSSR count). The van der Waals surface area contributed by atoms with Gasteiger partial charge in [-0.1, -0.05) is 36.4 Å². The van der Waals surface area contributed by atoms with Crippen molar-refractivity contribution >= 4 is 28.7 Å². The number of rotatable bonds is 9. The van der Waals surface area contributed by atoms with Gasteiger partial charge in [0.2, 0.25) is 0 Å². The molecule has 1 aromatic heterocycles. The minimum Gasteiger partial charge on any atom is -0.349 e. The lowest BCUT2D eigenvalue weighted by atomic mass is 10.0. The Hall–Kier alpha value is -3.45. The van der Waals surface area contributed by atoms with Gasteiger partial charge in [-0.15, -0.1) is 0 Å². The van der Waals surface area contributed by atoms with Gasteiger partial charge >= 0.3 is 0 Å². The van der Waals surface area contributed by atoms with Crippen LogP contribution in [0, 0.1) is 6.92 Å². The Kier molecular flexibility index (Phi) is 9.80. The Bertz CT molecular complexity index is 1430. The van der Waals surface area contributed by atoms with Gasteiger partial charge in [0.1, 0.15) is 0 Å². The number of nitrogens with one attached hydrogen (secondary N) is 1. The smallest absolute Gasteiger partial charge is 0.255 e. The van der Waals surface area contributed by atoms with Crippen LogP contribution in [-0.2, 0) is 0 Å². The van der Waals surface area contributed by atoms with Gasteiger partial charge in [0.15, 0.2) is 0 Å². The molecule has 1 fully saturated rings. The predicted octanol–water partition coefficient (Wildman–Crippen LogP) is 5.67. The minimum absolute atomic E-state index is 0.0783. The number of halogens is 1. The van der Waals surface area contributed by atoms with E-state index in [-0.39, 0.29) is 17.5 Å². The largest absolute Gasteiger partial charge is 0.349 e. The number of hydrogen-bond acceptors (Lipinski definition) is 4. The second-order valence-corrected chi connectivity index (χ2v) is 11.3. The van der Waals surface area contributed by atoms with E-state index >= 15 is 0 Å². The Balaban J connectivity index is 1.49. The summed E-state index contributed by atoms with van der Waals surface area (Å²) in [7, 11) is 4.18. The maximum atomic E-state index is 13.1. The predicted molar refractivity (Wildman–Crippen MR) is 166 cm³/mol. The number of pyridine rings is 1. The summed E-state index contributed by atoms with van der Waals surface area (Å²) in [6, 6.07) is 18.4. The number of hydrogen-bond donors (Lipinski definition) is 1. The van der Waals surface area contributed by atoms with E-state index in [9.17, 15) is 9.59 Å². The standard InChI is InChI=1S/C33H39ClN4O2/c1-23-6-15-31(39)38(32(23)25(3)22-24(2)26-7-11-28(34)12-8-26)30-13-9-27(10-14-30)33(40)35-29-16-18-37(19-17-29)21-20-36(4)5/h6-15,22,29H,2,16-21H2,1,3-5H3,(H,35,40)/b25-22+. The Morgan fingerprint density at radius 1 is 1.02 bits per heavy atom. The second kappa shape index (κ2) is 13.3. The van der Waals surface area contributed by atoms with Crippen molar-refractivity contribution in [2.24, 2.45) is 0 Å². The molecule has 0 saturated carbocycles. The summed E-state index contributed by atoms with van der Waals surface area (Å²) in [4.78, 5) is 30.7. The first-order valence-corrected chi connectivity index (χ1v) is 14.1. The summed E-state index contributed by atoms with van der Waals surface area (Å²) >= 11 is 6.04. The van der Waals surface area contributed by atoms with Crippen LogP contribution in [0.25, 0.3) is 16.8 Å². The average Bonchev–Trinajstić information content (AvgIpc) is 2.94. The maximum Gasteiger partial charge on any atom is 0.255 e. The van der Waals surface area contributed by atoms with E-state index in [1.807, 2.05) is 62.4 Å². The highest BCUT2D eigenvalue weighted by Crippen LogP contribution is 2.25. The molecule has 0 atom stereocenters. The van der Waals surface area contributed by atoms with E-state index in [4.69, 9.17) is 11.6 Å². The molecule has 2 heterocycles. The number of aromatic nitrogens is 1. The fraction of sp³-hybridized carbons (Fsp3) is 0.333. The van der Waals surface area contributed by atoms with Crippen LogP contribution in [0.15, 0.2) is 78.1 Å². The molecule has 0 spiro atoms. The molecule has 1 saturated heterocycles. The summed E-state index contributed by atoms with van der Waals surface area (Å²) < 4.78 is 1.70. The molecule has 0 unspecified atom stereocenters. The van der Waals surface area contributed by atoms with Crippen LogP contribution in [0.3, 0.4) is 0 Å². The van der Waals surface area contributed by atoms with Gasteiger partial charge in [-0.2, -0.15) is 0 Å². The van der Waals surface area contributed by atoms with Gasteiger partial charge in [-0.05, 0) is 106 Å². The summed E-state index contributed by atoms with van der Waals surface area (Å²) in [6.07, 6.45) is 3.88. The monoisotopic (exact) mass is 558 g/mol. The fourth-order valence-electron chi connectivity index (χ4n) is 5.13. The molecule has 1 amide bonds. The van der Waals surface area contributed by atoms with Crippen molar-refractivity contribution in [1.82, 2.24) is 19.7 Å². The molecule has 2 aromatic carbocycles. The van der Waals surface area contributed by atoms with E-state index in [1.165, 1.54) is 0 Å². The summed E-state index contributed by atoms with van der Waals surface area (Å²) in [5, 5.41) is 3.87. The van der Waals surface area contributed by atoms with E-state index in [2.05, 4.69) is 35.8 Å². The number of likely N-dealkylation sites (tertiary alicyclic amines) is 1. The van der Waals surface area contributed by atoms with Crippen molar-refractivity contribution in [3.05, 3.63) is 111 Å². The molecule has 1 aliphatic rings. The average molecular weight is 559 g/mol. The van der Waals surface area contributed by atoms with E-state index in [1.54, 1.807) is 22.8 Å². The summed E-state index contributed by atoms with van der Waals surface area (Å²) in [5.74, 6) is -0.0783. The zero-order chi connectivity index (χ0) is 28.8. The lowest BCUT2D eigenvalue weighted by Gasteiger charge is -2.33. The number of piperidine rings is 1. The van der Waals surface area contributed by atoms with Crippen LogP contribution in [0.5, 0.6) is 0 Å². The number of carbonyl (C=O) groups is 1. The molecule has 0 bridgehead atoms. The lowest BCUT2D eigenvalue weighted by molar-refractivity contribution is 0.0909. The zero-order valence-corrected chi connectivity index (χ0v) is 24.7. The van der Waals surface area contributed by atoms with Crippen LogP contribution >= 0.6 is 11.6 Å². The molecular formula is C33H39ClN4O2. The molecular weight excluding hydrogens is 520 g/mol. The number of benzene rings is 2. The molecule has 7 heteroatoms. The highest BCUT2D eigenvalue weighted by molar-refractivity contribution is 6.30. The molecule has 3 aromatic rings. The highest BCUT2D eigenvalue weighted by Gasteiger charge is 2.21. The molecule has 0 aliphatic carbocycles. The quantitative estimate of drug-likeness (QED) is 0.344. The van der Waals surface area contributed by atoms with Crippen molar-refractivity contribution in [3.63, 3.8) is 0 Å². The van der Waals surface area contributed by atoms with Gasteiger partial charge in [-0.25, -0.2) is 0 Å². The van der Waals surface area contributed by atoms with Crippen molar-refractivity contribution in [1.29, 1.82) is 0 Å². The van der Waals surface area contributed by atoms with Gasteiger partial charge in [0.05, 0.1) is 5.69 Å². The van der Waals surface area contributed by atoms with Crippen molar-refractivity contribution in [3.8, 4) is 5.69 Å². The van der Waals surface area contributed by atoms with Gasteiger partial charge in [-0.3, -0.25) is 14.2 Å². The summed E-state index contributed by atoms with van der Waals surface area (Å²) in [6.45, 7) is 12.3. The number of aryl methyl sites for hydroxylation is 1. The first-order chi connectivity index (χ1) is 19.1. The first-order valence-electron chi connectivity index (χ1n) is 13.8. The molecule has 40 heavy (non-hydrogen) atoms. The third-order valence-electron chi connectivity index (χ3n) is 7.45. The van der Waals surface area contributed by atoms with Crippen molar-refractivity contribution < 1.29 is 4.79 Å². The Morgan fingerprint density at radius 3 is 2.27 bits per heavy atom. The van der Waals surface area contributed by atoms with Crippen LogP contribution in [0.4, 0.5) is 0 Å². The van der Waals surface area contributed by atoms with Crippen molar-refractivity contribution in [2.45, 2.75) is 32.7 Å². The molecule has 0 radical (unpaired) electrons. The van der Waals surface area contributed by atoms with Gasteiger partial charge in [0, 0.05) is 54.6 Å². The second-order valence-electron chi connectivity index (χ2n) is 10.8. The Labute approximate surface area is 242 Å². The van der Waals surface area contributed by atoms with Crippen LogP contribution < -0.4 is 10.9 Å². The third kappa shape index (κ3) is 7.39. The normalized spacial score (nSPS) is 14.9.